The largest absolute Gasteiger partial charge is 0.492 e. The Balaban J connectivity index is 1.78. The summed E-state index contributed by atoms with van der Waals surface area (Å²) in [6.45, 7) is -2.69. The molecule has 4 aromatic rings. The van der Waals surface area contributed by atoms with Gasteiger partial charge in [-0.2, -0.15) is 15.5 Å². The van der Waals surface area contributed by atoms with E-state index < -0.39 is 12.9 Å². The maximum absolute atomic E-state index is 12.7. The molecule has 0 aliphatic carbocycles. The summed E-state index contributed by atoms with van der Waals surface area (Å²) in [7, 11) is 3.21. The van der Waals surface area contributed by atoms with Gasteiger partial charge >= 0.3 is 0 Å². The number of amides is 1. The number of rotatable bonds is 6. The van der Waals surface area contributed by atoms with Gasteiger partial charge in [-0.25, -0.2) is 9.50 Å². The van der Waals surface area contributed by atoms with Crippen LogP contribution in [-0.2, 0) is 7.05 Å². The number of anilines is 4. The van der Waals surface area contributed by atoms with Gasteiger partial charge < -0.3 is 20.7 Å². The Kier molecular flexibility index (Phi) is 4.21. The van der Waals surface area contributed by atoms with E-state index in [-0.39, 0.29) is 11.3 Å². The van der Waals surface area contributed by atoms with E-state index >= 15 is 0 Å². The highest BCUT2D eigenvalue weighted by Crippen LogP contribution is 2.35. The molecule has 0 saturated carbocycles. The summed E-state index contributed by atoms with van der Waals surface area (Å²) in [5.41, 5.74) is 1.39. The van der Waals surface area contributed by atoms with Gasteiger partial charge in [-0.3, -0.25) is 9.48 Å². The number of nitrogens with one attached hydrogen (secondary N) is 3. The highest BCUT2D eigenvalue weighted by Gasteiger charge is 2.18. The van der Waals surface area contributed by atoms with Crippen molar-refractivity contribution in [3.63, 3.8) is 0 Å². The van der Waals surface area contributed by atoms with Crippen LogP contribution in [0.3, 0.4) is 0 Å². The van der Waals surface area contributed by atoms with Crippen LogP contribution in [0.5, 0.6) is 5.75 Å². The molecule has 1 amide bonds. The Morgan fingerprint density at radius 2 is 2.10 bits per heavy atom. The zero-order chi connectivity index (χ0) is 24.5. The van der Waals surface area contributed by atoms with E-state index in [1.165, 1.54) is 30.1 Å². The fraction of sp³-hybridized carbons (Fsp3) is 0.150. The molecule has 0 unspecified atom stereocenters. The van der Waals surface area contributed by atoms with E-state index in [1.807, 2.05) is 5.32 Å². The molecular weight excluding hydrogens is 398 g/mol. The topological polar surface area (TPSA) is 134 Å². The van der Waals surface area contributed by atoms with Gasteiger partial charge in [0, 0.05) is 48.9 Å². The Hall–Kier alpha value is -4.59. The third-order valence-corrected chi connectivity index (χ3v) is 4.46. The number of aryl methyl sites for hydroxylation is 1. The van der Waals surface area contributed by atoms with Gasteiger partial charge in [0.2, 0.25) is 0 Å². The van der Waals surface area contributed by atoms with Crippen molar-refractivity contribution in [1.29, 1.82) is 5.26 Å². The molecule has 4 heterocycles. The molecule has 0 aromatic carbocycles. The van der Waals surface area contributed by atoms with Crippen LogP contribution in [0.4, 0.5) is 23.0 Å². The molecular formula is C20H19N9O2. The summed E-state index contributed by atoms with van der Waals surface area (Å²) < 4.78 is 30.7. The number of aromatic nitrogens is 5. The van der Waals surface area contributed by atoms with Crippen molar-refractivity contribution in [2.24, 2.45) is 7.05 Å². The highest BCUT2D eigenvalue weighted by atomic mass is 16.5. The quantitative estimate of drug-likeness (QED) is 0.432. The smallest absolute Gasteiger partial charge is 0.254 e. The number of pyridine rings is 2. The number of methoxy groups -OCH3 is 1. The van der Waals surface area contributed by atoms with E-state index in [9.17, 15) is 10.1 Å². The summed E-state index contributed by atoms with van der Waals surface area (Å²) in [4.78, 5) is 16.9. The summed E-state index contributed by atoms with van der Waals surface area (Å²) in [5, 5.41) is 25.9. The molecule has 0 radical (unpaired) electrons. The van der Waals surface area contributed by atoms with Gasteiger partial charge in [0.15, 0.2) is 11.6 Å². The van der Waals surface area contributed by atoms with E-state index in [1.54, 1.807) is 36.3 Å². The fourth-order valence-electron chi connectivity index (χ4n) is 3.07. The monoisotopic (exact) mass is 420 g/mol. The molecule has 11 nitrogen and oxygen atoms in total. The summed E-state index contributed by atoms with van der Waals surface area (Å²) in [6.07, 6.45) is 6.03. The SMILES string of the molecule is [2H]C([2H])([2H])NC(=O)c1cnc(Nc2ccn(C)n2)cc1Nc1ccn2ncc(C#N)c2c1OC. The van der Waals surface area contributed by atoms with Crippen LogP contribution in [0.15, 0.2) is 43.0 Å². The van der Waals surface area contributed by atoms with Crippen molar-refractivity contribution in [3.8, 4) is 11.8 Å². The number of hydrogen-bond donors (Lipinski definition) is 3. The lowest BCUT2D eigenvalue weighted by atomic mass is 10.2. The van der Waals surface area contributed by atoms with Crippen molar-refractivity contribution in [2.45, 2.75) is 0 Å². The van der Waals surface area contributed by atoms with E-state index in [0.717, 1.165) is 0 Å². The number of carbonyl (C=O) groups excluding carboxylic acids is 1. The number of hydrogen-bond acceptors (Lipinski definition) is 8. The first-order chi connectivity index (χ1) is 16.2. The first-order valence-corrected chi connectivity index (χ1v) is 8.99. The Bertz CT molecular complexity index is 1420. The average Bonchev–Trinajstić information content (AvgIpc) is 3.38. The van der Waals surface area contributed by atoms with E-state index in [0.29, 0.717) is 34.2 Å². The van der Waals surface area contributed by atoms with Crippen molar-refractivity contribution >= 4 is 34.4 Å². The molecule has 3 N–H and O–H groups in total. The fourth-order valence-corrected chi connectivity index (χ4v) is 3.07. The molecule has 0 spiro atoms. The third kappa shape index (κ3) is 3.69. The molecule has 31 heavy (non-hydrogen) atoms. The summed E-state index contributed by atoms with van der Waals surface area (Å²) >= 11 is 0. The molecule has 11 heteroatoms. The first kappa shape index (κ1) is 16.2. The van der Waals surface area contributed by atoms with Gasteiger partial charge in [0.05, 0.1) is 30.2 Å². The maximum atomic E-state index is 12.7. The molecule has 4 rings (SSSR count). The second-order valence-electron chi connectivity index (χ2n) is 6.42. The van der Waals surface area contributed by atoms with Crippen molar-refractivity contribution in [2.75, 3.05) is 24.7 Å². The average molecular weight is 420 g/mol. The van der Waals surface area contributed by atoms with Crippen LogP contribution >= 0.6 is 0 Å². The number of nitriles is 1. The Labute approximate surface area is 181 Å². The lowest BCUT2D eigenvalue weighted by Crippen LogP contribution is -2.19. The zero-order valence-corrected chi connectivity index (χ0v) is 16.5. The molecule has 0 aliphatic rings. The van der Waals surface area contributed by atoms with Gasteiger partial charge in [-0.1, -0.05) is 0 Å². The molecule has 0 atom stereocenters. The normalized spacial score (nSPS) is 12.4. The molecule has 4 aromatic heterocycles. The summed E-state index contributed by atoms with van der Waals surface area (Å²) in [6, 6.07) is 6.99. The summed E-state index contributed by atoms with van der Waals surface area (Å²) in [5.74, 6) is 0.350. The molecule has 0 saturated heterocycles. The van der Waals surface area contributed by atoms with Crippen LogP contribution in [-0.4, -0.2) is 44.4 Å². The van der Waals surface area contributed by atoms with Crippen LogP contribution in [0.2, 0.25) is 0 Å². The van der Waals surface area contributed by atoms with E-state index in [4.69, 9.17) is 8.85 Å². The van der Waals surface area contributed by atoms with Gasteiger partial charge in [0.25, 0.3) is 5.91 Å². The number of ether oxygens (including phenoxy) is 1. The van der Waals surface area contributed by atoms with Crippen LogP contribution in [0.25, 0.3) is 5.52 Å². The van der Waals surface area contributed by atoms with Gasteiger partial charge in [-0.05, 0) is 6.07 Å². The number of fused-ring (bicyclic) bond motifs is 1. The van der Waals surface area contributed by atoms with Crippen LogP contribution < -0.4 is 20.7 Å². The lowest BCUT2D eigenvalue weighted by Gasteiger charge is -2.16. The van der Waals surface area contributed by atoms with Gasteiger partial charge in [0.1, 0.15) is 23.0 Å². The third-order valence-electron chi connectivity index (χ3n) is 4.46. The van der Waals surface area contributed by atoms with Crippen LogP contribution in [0, 0.1) is 11.3 Å². The highest BCUT2D eigenvalue weighted by molar-refractivity contribution is 6.00. The predicted octanol–water partition coefficient (Wildman–Crippen LogP) is 2.19. The molecule has 0 aliphatic heterocycles. The minimum atomic E-state index is -2.69. The Morgan fingerprint density at radius 1 is 1.23 bits per heavy atom. The lowest BCUT2D eigenvalue weighted by molar-refractivity contribution is 0.0963. The second kappa shape index (κ2) is 8.03. The molecule has 156 valence electrons. The van der Waals surface area contributed by atoms with E-state index in [2.05, 4.69) is 31.9 Å². The Morgan fingerprint density at radius 3 is 2.81 bits per heavy atom. The van der Waals surface area contributed by atoms with Gasteiger partial charge in [-0.15, -0.1) is 0 Å². The standard InChI is InChI=1S/C20H19N9O2/c1-22-20(30)13-11-23-17(26-16-5-6-28(2)27-16)8-15(13)25-14-4-7-29-18(19(14)31-3)12(9-21)10-24-29/h4-8,10-11H,1-3H3,(H,22,30)(H2,23,25,26,27)/i1D3. The van der Waals surface area contributed by atoms with Crippen molar-refractivity contribution < 1.29 is 13.6 Å². The first-order valence-electron chi connectivity index (χ1n) is 10.5. The minimum Gasteiger partial charge on any atom is -0.492 e. The second-order valence-corrected chi connectivity index (χ2v) is 6.42. The van der Waals surface area contributed by atoms with Crippen molar-refractivity contribution in [1.82, 2.24) is 29.7 Å². The van der Waals surface area contributed by atoms with Crippen LogP contribution in [0.1, 0.15) is 20.0 Å². The number of carbonyl (C=O) groups is 1. The molecule has 0 bridgehead atoms. The maximum Gasteiger partial charge on any atom is 0.254 e. The van der Waals surface area contributed by atoms with Crippen molar-refractivity contribution in [3.05, 3.63) is 54.1 Å². The number of nitrogens with zero attached hydrogens (tertiary/aromatic N) is 6. The minimum absolute atomic E-state index is 0.0152. The predicted molar refractivity (Wildman–Crippen MR) is 114 cm³/mol. The molecule has 0 fully saturated rings. The zero-order valence-electron chi connectivity index (χ0n) is 19.5.